The van der Waals surface area contributed by atoms with Crippen molar-refractivity contribution in [3.63, 3.8) is 0 Å². The van der Waals surface area contributed by atoms with Gasteiger partial charge in [0.05, 0.1) is 11.7 Å². The molecule has 0 fully saturated rings. The van der Waals surface area contributed by atoms with Gasteiger partial charge in [0.1, 0.15) is 16.2 Å². The van der Waals surface area contributed by atoms with E-state index in [1.807, 2.05) is 0 Å². The van der Waals surface area contributed by atoms with Crippen LogP contribution in [0.2, 0.25) is 0 Å². The molecule has 0 aliphatic rings. The average molecular weight is 434 g/mol. The van der Waals surface area contributed by atoms with Crippen LogP contribution >= 0.6 is 31.9 Å². The third kappa shape index (κ3) is 4.58. The van der Waals surface area contributed by atoms with Crippen molar-refractivity contribution in [1.29, 1.82) is 0 Å². The molecule has 2 aromatic rings. The van der Waals surface area contributed by atoms with Gasteiger partial charge in [0.2, 0.25) is 5.91 Å². The first-order chi connectivity index (χ1) is 10.3. The van der Waals surface area contributed by atoms with Gasteiger partial charge in [-0.2, -0.15) is 0 Å². The minimum absolute atomic E-state index is 0.219. The Morgan fingerprint density at radius 2 is 1.86 bits per heavy atom. The predicted molar refractivity (Wildman–Crippen MR) is 86.3 cm³/mol. The van der Waals surface area contributed by atoms with E-state index in [0.717, 1.165) is 6.07 Å². The largest absolute Gasteiger partial charge is 0.348 e. The average Bonchev–Trinajstić information content (AvgIpc) is 2.39. The lowest BCUT2D eigenvalue weighted by molar-refractivity contribution is -0.119. The summed E-state index contributed by atoms with van der Waals surface area (Å²) in [4.78, 5) is 15.8. The Kier molecular flexibility index (Phi) is 5.63. The molecule has 3 nitrogen and oxygen atoms in total. The highest BCUT2D eigenvalue weighted by Gasteiger charge is 2.19. The number of hydrogen-bond donors (Lipinski definition) is 1. The Bertz CT molecular complexity index is 690. The maximum absolute atomic E-state index is 13.3. The number of hydrogen-bond acceptors (Lipinski definition) is 2. The van der Waals surface area contributed by atoms with Crippen LogP contribution in [0.4, 0.5) is 8.78 Å². The standard InChI is InChI=1S/C15H12Br2F2N2O/c1-8(22)20-13(15-12(16)2-3-14(17)21-15)6-9-4-10(18)7-11(19)5-9/h2-5,7,13H,6H2,1H3,(H,20,22)/t13-/m0/s1. The number of rotatable bonds is 4. The quantitative estimate of drug-likeness (QED) is 0.730. The topological polar surface area (TPSA) is 42.0 Å². The number of nitrogens with one attached hydrogen (secondary N) is 1. The van der Waals surface area contributed by atoms with Gasteiger partial charge < -0.3 is 5.32 Å². The molecule has 0 radical (unpaired) electrons. The summed E-state index contributed by atoms with van der Waals surface area (Å²) < 4.78 is 28.0. The number of nitrogens with zero attached hydrogens (tertiary/aromatic N) is 1. The summed E-state index contributed by atoms with van der Waals surface area (Å²) in [7, 11) is 0. The molecule has 2 rings (SSSR count). The molecule has 1 atom stereocenters. The summed E-state index contributed by atoms with van der Waals surface area (Å²) in [5, 5.41) is 2.75. The normalized spacial score (nSPS) is 12.0. The van der Waals surface area contributed by atoms with Crippen molar-refractivity contribution in [1.82, 2.24) is 10.3 Å². The zero-order chi connectivity index (χ0) is 16.3. The van der Waals surface area contributed by atoms with E-state index in [4.69, 9.17) is 0 Å². The Morgan fingerprint density at radius 3 is 2.45 bits per heavy atom. The summed E-state index contributed by atoms with van der Waals surface area (Å²) in [5.74, 6) is -1.56. The van der Waals surface area contributed by atoms with E-state index in [-0.39, 0.29) is 12.3 Å². The molecule has 0 bridgehead atoms. The van der Waals surface area contributed by atoms with E-state index in [9.17, 15) is 13.6 Å². The van der Waals surface area contributed by atoms with E-state index in [1.165, 1.54) is 19.1 Å². The first-order valence-corrected chi connectivity index (χ1v) is 7.98. The van der Waals surface area contributed by atoms with Crippen LogP contribution in [-0.2, 0) is 11.2 Å². The molecular formula is C15H12Br2F2N2O. The van der Waals surface area contributed by atoms with Gasteiger partial charge in [0.25, 0.3) is 0 Å². The Morgan fingerprint density at radius 1 is 1.23 bits per heavy atom. The van der Waals surface area contributed by atoms with E-state index in [2.05, 4.69) is 42.2 Å². The lowest BCUT2D eigenvalue weighted by Gasteiger charge is -2.19. The molecule has 1 amide bonds. The van der Waals surface area contributed by atoms with Gasteiger partial charge in [-0.25, -0.2) is 13.8 Å². The number of carbonyl (C=O) groups is 1. The molecule has 1 aromatic heterocycles. The number of carbonyl (C=O) groups excluding carboxylic acids is 1. The first kappa shape index (κ1) is 17.0. The van der Waals surface area contributed by atoms with Crippen molar-refractivity contribution in [2.75, 3.05) is 0 Å². The van der Waals surface area contributed by atoms with E-state index >= 15 is 0 Å². The molecule has 116 valence electrons. The lowest BCUT2D eigenvalue weighted by atomic mass is 10.0. The van der Waals surface area contributed by atoms with E-state index in [1.54, 1.807) is 12.1 Å². The minimum Gasteiger partial charge on any atom is -0.348 e. The highest BCUT2D eigenvalue weighted by molar-refractivity contribution is 9.11. The van der Waals surface area contributed by atoms with Crippen LogP contribution in [0, 0.1) is 11.6 Å². The van der Waals surface area contributed by atoms with Crippen molar-refractivity contribution < 1.29 is 13.6 Å². The highest BCUT2D eigenvalue weighted by Crippen LogP contribution is 2.27. The smallest absolute Gasteiger partial charge is 0.217 e. The third-order valence-electron chi connectivity index (χ3n) is 2.91. The Hall–Kier alpha value is -1.34. The van der Waals surface area contributed by atoms with Crippen LogP contribution in [0.25, 0.3) is 0 Å². The van der Waals surface area contributed by atoms with Crippen molar-refractivity contribution in [2.45, 2.75) is 19.4 Å². The SMILES string of the molecule is CC(=O)N[C@@H](Cc1cc(F)cc(F)c1)c1nc(Br)ccc1Br. The maximum atomic E-state index is 13.3. The molecule has 0 spiro atoms. The van der Waals surface area contributed by atoms with Crippen molar-refractivity contribution in [2.24, 2.45) is 0 Å². The molecule has 1 aromatic carbocycles. The minimum atomic E-state index is -0.655. The molecule has 22 heavy (non-hydrogen) atoms. The van der Waals surface area contributed by atoms with Gasteiger partial charge in [-0.1, -0.05) is 0 Å². The van der Waals surface area contributed by atoms with Gasteiger partial charge >= 0.3 is 0 Å². The van der Waals surface area contributed by atoms with E-state index in [0.29, 0.717) is 20.3 Å². The molecule has 0 saturated heterocycles. The predicted octanol–water partition coefficient (Wildman–Crippen LogP) is 4.30. The molecular weight excluding hydrogens is 422 g/mol. The number of halogens is 4. The summed E-state index contributed by atoms with van der Waals surface area (Å²) in [5.41, 5.74) is 1.01. The number of amides is 1. The van der Waals surface area contributed by atoms with Crippen LogP contribution in [0.15, 0.2) is 39.4 Å². The van der Waals surface area contributed by atoms with Gasteiger partial charge in [0, 0.05) is 17.5 Å². The molecule has 0 saturated carbocycles. The second-order valence-electron chi connectivity index (χ2n) is 4.74. The van der Waals surface area contributed by atoms with Crippen molar-refractivity contribution >= 4 is 37.8 Å². The van der Waals surface area contributed by atoms with Gasteiger partial charge in [-0.15, -0.1) is 0 Å². The number of pyridine rings is 1. The van der Waals surface area contributed by atoms with Gasteiger partial charge in [-0.3, -0.25) is 4.79 Å². The van der Waals surface area contributed by atoms with Crippen molar-refractivity contribution in [3.8, 4) is 0 Å². The summed E-state index contributed by atoms with van der Waals surface area (Å²) in [6, 6.07) is 6.32. The fourth-order valence-electron chi connectivity index (χ4n) is 2.10. The molecule has 1 N–H and O–H groups in total. The molecule has 1 heterocycles. The van der Waals surface area contributed by atoms with Crippen LogP contribution < -0.4 is 5.32 Å². The zero-order valence-electron chi connectivity index (χ0n) is 11.5. The molecule has 7 heteroatoms. The second-order valence-corrected chi connectivity index (χ2v) is 6.40. The van der Waals surface area contributed by atoms with Crippen LogP contribution in [-0.4, -0.2) is 10.9 Å². The summed E-state index contributed by atoms with van der Waals surface area (Å²) in [6.07, 6.45) is 0.219. The van der Waals surface area contributed by atoms with Gasteiger partial charge in [-0.05, 0) is 68.1 Å². The number of aromatic nitrogens is 1. The maximum Gasteiger partial charge on any atom is 0.217 e. The fraction of sp³-hybridized carbons (Fsp3) is 0.200. The molecule has 0 aliphatic heterocycles. The lowest BCUT2D eigenvalue weighted by Crippen LogP contribution is -2.28. The first-order valence-electron chi connectivity index (χ1n) is 6.39. The van der Waals surface area contributed by atoms with Crippen LogP contribution in [0.1, 0.15) is 24.2 Å². The highest BCUT2D eigenvalue weighted by atomic mass is 79.9. The zero-order valence-corrected chi connectivity index (χ0v) is 14.7. The summed E-state index contributed by atoms with van der Waals surface area (Å²) >= 11 is 6.66. The fourth-order valence-corrected chi connectivity index (χ4v) is 2.92. The summed E-state index contributed by atoms with van der Waals surface area (Å²) in [6.45, 7) is 1.38. The van der Waals surface area contributed by atoms with Gasteiger partial charge in [0.15, 0.2) is 0 Å². The number of benzene rings is 1. The van der Waals surface area contributed by atoms with E-state index < -0.39 is 17.7 Å². The molecule has 0 aliphatic carbocycles. The third-order valence-corrected chi connectivity index (χ3v) is 4.02. The second kappa shape index (κ2) is 7.28. The van der Waals surface area contributed by atoms with Crippen molar-refractivity contribution in [3.05, 3.63) is 62.3 Å². The van der Waals surface area contributed by atoms with Crippen LogP contribution in [0.3, 0.4) is 0 Å². The van der Waals surface area contributed by atoms with Crippen LogP contribution in [0.5, 0.6) is 0 Å². The monoisotopic (exact) mass is 432 g/mol. The Labute approximate surface area is 143 Å². The Balaban J connectivity index is 2.37. The molecule has 0 unspecified atom stereocenters.